The SMILES string of the molecule is CS(=O)(=O)CC1(CN=C(N)NC2CCCCCC2)CCC1. The van der Waals surface area contributed by atoms with Crippen LogP contribution in [-0.2, 0) is 9.84 Å². The lowest BCUT2D eigenvalue weighted by molar-refractivity contribution is 0.177. The minimum atomic E-state index is -2.95. The number of nitrogens with one attached hydrogen (secondary N) is 1. The van der Waals surface area contributed by atoms with Crippen LogP contribution in [0.2, 0.25) is 0 Å². The molecule has 0 aromatic carbocycles. The number of nitrogens with two attached hydrogens (primary N) is 1. The van der Waals surface area contributed by atoms with Crippen LogP contribution in [0.5, 0.6) is 0 Å². The molecule has 2 aliphatic carbocycles. The zero-order valence-electron chi connectivity index (χ0n) is 13.1. The van der Waals surface area contributed by atoms with Gasteiger partial charge in [-0.1, -0.05) is 32.1 Å². The van der Waals surface area contributed by atoms with Crippen molar-refractivity contribution in [3.8, 4) is 0 Å². The Balaban J connectivity index is 1.86. The summed E-state index contributed by atoms with van der Waals surface area (Å²) in [4.78, 5) is 4.45. The zero-order valence-corrected chi connectivity index (χ0v) is 13.9. The lowest BCUT2D eigenvalue weighted by Crippen LogP contribution is -2.43. The Morgan fingerprint density at radius 2 is 1.81 bits per heavy atom. The van der Waals surface area contributed by atoms with Crippen LogP contribution in [0, 0.1) is 5.41 Å². The van der Waals surface area contributed by atoms with Crippen LogP contribution in [0.3, 0.4) is 0 Å². The van der Waals surface area contributed by atoms with Crippen LogP contribution in [0.4, 0.5) is 0 Å². The third-order valence-electron chi connectivity index (χ3n) is 4.77. The third-order valence-corrected chi connectivity index (χ3v) is 5.91. The van der Waals surface area contributed by atoms with E-state index in [0.29, 0.717) is 18.5 Å². The second-order valence-corrected chi connectivity index (χ2v) is 9.10. The molecule has 21 heavy (non-hydrogen) atoms. The number of rotatable bonds is 5. The molecule has 2 fully saturated rings. The van der Waals surface area contributed by atoms with E-state index in [1.165, 1.54) is 31.9 Å². The summed E-state index contributed by atoms with van der Waals surface area (Å²) >= 11 is 0. The Kier molecular flexibility index (Phi) is 5.52. The Hall–Kier alpha value is -0.780. The molecule has 0 saturated heterocycles. The van der Waals surface area contributed by atoms with Crippen LogP contribution in [-0.4, -0.2) is 39.0 Å². The second kappa shape index (κ2) is 6.99. The van der Waals surface area contributed by atoms with Crippen molar-refractivity contribution >= 4 is 15.8 Å². The van der Waals surface area contributed by atoms with Gasteiger partial charge in [0.25, 0.3) is 0 Å². The molecule has 0 unspecified atom stereocenters. The molecule has 6 heteroatoms. The maximum atomic E-state index is 11.5. The summed E-state index contributed by atoms with van der Waals surface area (Å²) in [7, 11) is -2.95. The molecule has 0 amide bonds. The molecule has 0 aromatic heterocycles. The average molecular weight is 315 g/mol. The number of guanidine groups is 1. The lowest BCUT2D eigenvalue weighted by Gasteiger charge is -2.40. The molecule has 0 aliphatic heterocycles. The standard InChI is InChI=1S/C15H29N3O2S/c1-21(19,20)12-15(9-6-10-15)11-17-14(16)18-13-7-4-2-3-5-8-13/h13H,2-12H2,1H3,(H3,16,17,18). The van der Waals surface area contributed by atoms with Gasteiger partial charge in [-0.05, 0) is 25.7 Å². The van der Waals surface area contributed by atoms with E-state index in [0.717, 1.165) is 32.1 Å². The van der Waals surface area contributed by atoms with Crippen molar-refractivity contribution in [1.82, 2.24) is 5.32 Å². The van der Waals surface area contributed by atoms with Crippen molar-refractivity contribution in [2.24, 2.45) is 16.1 Å². The van der Waals surface area contributed by atoms with Gasteiger partial charge in [-0.3, -0.25) is 4.99 Å². The Labute approximate surface area is 128 Å². The van der Waals surface area contributed by atoms with Gasteiger partial charge in [-0.2, -0.15) is 0 Å². The van der Waals surface area contributed by atoms with Crippen molar-refractivity contribution in [1.29, 1.82) is 0 Å². The first kappa shape index (κ1) is 16.6. The van der Waals surface area contributed by atoms with E-state index >= 15 is 0 Å². The maximum absolute atomic E-state index is 11.5. The van der Waals surface area contributed by atoms with E-state index in [4.69, 9.17) is 5.73 Å². The van der Waals surface area contributed by atoms with Crippen LogP contribution in [0.25, 0.3) is 0 Å². The number of nitrogens with zero attached hydrogens (tertiary/aromatic N) is 1. The second-order valence-electron chi connectivity index (χ2n) is 6.96. The van der Waals surface area contributed by atoms with Crippen molar-refractivity contribution in [3.63, 3.8) is 0 Å². The highest BCUT2D eigenvalue weighted by atomic mass is 32.2. The minimum Gasteiger partial charge on any atom is -0.370 e. The van der Waals surface area contributed by atoms with Crippen molar-refractivity contribution in [2.75, 3.05) is 18.6 Å². The van der Waals surface area contributed by atoms with Crippen LogP contribution < -0.4 is 11.1 Å². The molecule has 0 atom stereocenters. The largest absolute Gasteiger partial charge is 0.370 e. The summed E-state index contributed by atoms with van der Waals surface area (Å²) in [6.45, 7) is 0.533. The minimum absolute atomic E-state index is 0.163. The van der Waals surface area contributed by atoms with E-state index in [9.17, 15) is 8.42 Å². The molecule has 0 heterocycles. The van der Waals surface area contributed by atoms with Crippen LogP contribution >= 0.6 is 0 Å². The molecule has 0 aromatic rings. The number of aliphatic imine (C=N–C) groups is 1. The predicted molar refractivity (Wildman–Crippen MR) is 87.1 cm³/mol. The van der Waals surface area contributed by atoms with Gasteiger partial charge < -0.3 is 11.1 Å². The van der Waals surface area contributed by atoms with Crippen molar-refractivity contribution in [3.05, 3.63) is 0 Å². The first-order valence-electron chi connectivity index (χ1n) is 8.13. The lowest BCUT2D eigenvalue weighted by atomic mass is 9.70. The molecule has 2 rings (SSSR count). The van der Waals surface area contributed by atoms with Gasteiger partial charge in [0.2, 0.25) is 0 Å². The summed E-state index contributed by atoms with van der Waals surface area (Å²) in [6.07, 6.45) is 11.7. The van der Waals surface area contributed by atoms with Gasteiger partial charge in [-0.25, -0.2) is 8.42 Å². The molecule has 2 saturated carbocycles. The molecular formula is C15H29N3O2S. The molecule has 0 radical (unpaired) electrons. The smallest absolute Gasteiger partial charge is 0.188 e. The fraction of sp³-hybridized carbons (Fsp3) is 0.933. The summed E-state index contributed by atoms with van der Waals surface area (Å²) in [5, 5.41) is 3.32. The summed E-state index contributed by atoms with van der Waals surface area (Å²) < 4.78 is 23.1. The van der Waals surface area contributed by atoms with Gasteiger partial charge in [-0.15, -0.1) is 0 Å². The molecular weight excluding hydrogens is 286 g/mol. The van der Waals surface area contributed by atoms with Crippen LogP contribution in [0.15, 0.2) is 4.99 Å². The molecule has 0 spiro atoms. The van der Waals surface area contributed by atoms with E-state index < -0.39 is 9.84 Å². The molecule has 2 aliphatic rings. The van der Waals surface area contributed by atoms with Crippen LogP contribution in [0.1, 0.15) is 57.8 Å². The van der Waals surface area contributed by atoms with Gasteiger partial charge in [0.05, 0.1) is 5.75 Å². The number of hydrogen-bond donors (Lipinski definition) is 2. The summed E-state index contributed by atoms with van der Waals surface area (Å²) in [5.41, 5.74) is 5.83. The molecule has 3 N–H and O–H groups in total. The van der Waals surface area contributed by atoms with E-state index in [2.05, 4.69) is 10.3 Å². The average Bonchev–Trinajstić information content (AvgIpc) is 2.60. The normalized spacial score (nSPS) is 24.1. The molecule has 0 bridgehead atoms. The summed E-state index contributed by atoms with van der Waals surface area (Å²) in [5.74, 6) is 0.724. The first-order valence-corrected chi connectivity index (χ1v) is 10.2. The van der Waals surface area contributed by atoms with Gasteiger partial charge >= 0.3 is 0 Å². The zero-order chi connectivity index (χ0) is 15.3. The summed E-state index contributed by atoms with van der Waals surface area (Å²) in [6, 6.07) is 0.434. The monoisotopic (exact) mass is 315 g/mol. The van der Waals surface area contributed by atoms with Gasteiger partial charge in [0.1, 0.15) is 9.84 Å². The first-order chi connectivity index (χ1) is 9.89. The van der Waals surface area contributed by atoms with Gasteiger partial charge in [0, 0.05) is 24.3 Å². The number of sulfone groups is 1. The molecule has 5 nitrogen and oxygen atoms in total. The van der Waals surface area contributed by atoms with E-state index in [-0.39, 0.29) is 11.2 Å². The fourth-order valence-corrected chi connectivity index (χ4v) is 5.00. The highest BCUT2D eigenvalue weighted by molar-refractivity contribution is 7.90. The molecule has 122 valence electrons. The van der Waals surface area contributed by atoms with E-state index in [1.807, 2.05) is 0 Å². The highest BCUT2D eigenvalue weighted by Crippen LogP contribution is 2.42. The Morgan fingerprint density at radius 1 is 1.19 bits per heavy atom. The van der Waals surface area contributed by atoms with E-state index in [1.54, 1.807) is 0 Å². The van der Waals surface area contributed by atoms with Gasteiger partial charge in [0.15, 0.2) is 5.96 Å². The topological polar surface area (TPSA) is 84.5 Å². The predicted octanol–water partition coefficient (Wildman–Crippen LogP) is 1.83. The Bertz CT molecular complexity index is 461. The highest BCUT2D eigenvalue weighted by Gasteiger charge is 2.39. The quantitative estimate of drug-likeness (QED) is 0.460. The van der Waals surface area contributed by atoms with Crippen molar-refractivity contribution < 1.29 is 8.42 Å². The Morgan fingerprint density at radius 3 is 2.29 bits per heavy atom. The third kappa shape index (κ3) is 5.49. The van der Waals surface area contributed by atoms with Crippen molar-refractivity contribution in [2.45, 2.75) is 63.8 Å². The maximum Gasteiger partial charge on any atom is 0.188 e. The number of hydrogen-bond acceptors (Lipinski definition) is 3. The fourth-order valence-electron chi connectivity index (χ4n) is 3.51.